The number of amides is 1. The molecule has 0 heterocycles. The monoisotopic (exact) mass is 144 g/mol. The standard InChI is InChI=1S/C6H12N2O2/c1-6(9)7-4-2-3-5-8-10/h2-5H2,1H3,(H,7,9). The number of carbonyl (C=O) groups is 1. The van der Waals surface area contributed by atoms with Crippen LogP contribution in [0.3, 0.4) is 0 Å². The first kappa shape index (κ1) is 9.07. The van der Waals surface area contributed by atoms with Crippen molar-refractivity contribution < 1.29 is 4.79 Å². The highest BCUT2D eigenvalue weighted by Crippen LogP contribution is 1.86. The second kappa shape index (κ2) is 6.19. The molecular formula is C6H12N2O2. The fourth-order valence-corrected chi connectivity index (χ4v) is 0.566. The molecule has 0 aromatic carbocycles. The normalized spacial score (nSPS) is 8.90. The molecule has 4 heteroatoms. The van der Waals surface area contributed by atoms with E-state index in [1.807, 2.05) is 0 Å². The maximum Gasteiger partial charge on any atom is 0.216 e. The van der Waals surface area contributed by atoms with E-state index in [1.165, 1.54) is 6.92 Å². The third-order valence-corrected chi connectivity index (χ3v) is 1.05. The summed E-state index contributed by atoms with van der Waals surface area (Å²) in [6.07, 6.45) is 1.58. The molecule has 0 unspecified atom stereocenters. The van der Waals surface area contributed by atoms with Crippen molar-refractivity contribution >= 4 is 5.91 Å². The van der Waals surface area contributed by atoms with E-state index in [-0.39, 0.29) is 5.91 Å². The van der Waals surface area contributed by atoms with Gasteiger partial charge in [0.1, 0.15) is 0 Å². The molecule has 0 aromatic rings. The maximum absolute atomic E-state index is 10.3. The Morgan fingerprint density at radius 2 is 2.20 bits per heavy atom. The fraction of sp³-hybridized carbons (Fsp3) is 0.833. The van der Waals surface area contributed by atoms with Crippen LogP contribution in [0.4, 0.5) is 0 Å². The molecule has 58 valence electrons. The highest BCUT2D eigenvalue weighted by Gasteiger charge is 1.89. The number of carbonyl (C=O) groups excluding carboxylic acids is 1. The molecule has 0 radical (unpaired) electrons. The summed E-state index contributed by atoms with van der Waals surface area (Å²) in [5.41, 5.74) is 0. The number of nitrogens with one attached hydrogen (secondary N) is 1. The molecule has 0 aromatic heterocycles. The fourth-order valence-electron chi connectivity index (χ4n) is 0.566. The van der Waals surface area contributed by atoms with Crippen molar-refractivity contribution in [3.05, 3.63) is 4.91 Å². The van der Waals surface area contributed by atoms with Gasteiger partial charge in [0.25, 0.3) is 0 Å². The van der Waals surface area contributed by atoms with Gasteiger partial charge < -0.3 is 5.32 Å². The Morgan fingerprint density at radius 3 is 2.70 bits per heavy atom. The Hall–Kier alpha value is -0.930. The molecule has 10 heavy (non-hydrogen) atoms. The number of rotatable bonds is 5. The van der Waals surface area contributed by atoms with Crippen LogP contribution in [0.25, 0.3) is 0 Å². The van der Waals surface area contributed by atoms with Gasteiger partial charge in [-0.2, -0.15) is 4.91 Å². The van der Waals surface area contributed by atoms with Crippen LogP contribution in [0, 0.1) is 4.91 Å². The van der Waals surface area contributed by atoms with E-state index in [0.717, 1.165) is 12.8 Å². The van der Waals surface area contributed by atoms with Crippen LogP contribution in [0.2, 0.25) is 0 Å². The molecule has 4 nitrogen and oxygen atoms in total. The molecule has 0 bridgehead atoms. The predicted molar refractivity (Wildman–Crippen MR) is 38.6 cm³/mol. The van der Waals surface area contributed by atoms with Gasteiger partial charge in [-0.25, -0.2) is 0 Å². The SMILES string of the molecule is CC(=O)NCCCCN=O. The number of hydrogen-bond acceptors (Lipinski definition) is 3. The summed E-state index contributed by atoms with van der Waals surface area (Å²) in [5, 5.41) is 5.31. The summed E-state index contributed by atoms with van der Waals surface area (Å²) in [6, 6.07) is 0. The predicted octanol–water partition coefficient (Wildman–Crippen LogP) is 0.669. The van der Waals surface area contributed by atoms with Gasteiger partial charge in [0.2, 0.25) is 5.91 Å². The van der Waals surface area contributed by atoms with Gasteiger partial charge in [0, 0.05) is 13.5 Å². The van der Waals surface area contributed by atoms with Crippen LogP contribution in [0.15, 0.2) is 5.18 Å². The van der Waals surface area contributed by atoms with E-state index in [2.05, 4.69) is 10.5 Å². The average molecular weight is 144 g/mol. The van der Waals surface area contributed by atoms with Crippen molar-refractivity contribution in [3.63, 3.8) is 0 Å². The van der Waals surface area contributed by atoms with Crippen LogP contribution in [-0.4, -0.2) is 19.0 Å². The summed E-state index contributed by atoms with van der Waals surface area (Å²) < 4.78 is 0. The number of nitrogens with zero attached hydrogens (tertiary/aromatic N) is 1. The van der Waals surface area contributed by atoms with Crippen LogP contribution < -0.4 is 5.32 Å². The Kier molecular flexibility index (Phi) is 5.62. The van der Waals surface area contributed by atoms with Crippen molar-refractivity contribution in [1.29, 1.82) is 0 Å². The smallest absolute Gasteiger partial charge is 0.216 e. The minimum Gasteiger partial charge on any atom is -0.356 e. The van der Waals surface area contributed by atoms with E-state index in [9.17, 15) is 9.70 Å². The Labute approximate surface area is 60.0 Å². The van der Waals surface area contributed by atoms with Gasteiger partial charge in [-0.3, -0.25) is 4.79 Å². The summed E-state index contributed by atoms with van der Waals surface area (Å²) in [5.74, 6) is -0.0286. The first-order chi connectivity index (χ1) is 4.77. The Bertz CT molecular complexity index is 114. The Balaban J connectivity index is 2.90. The zero-order chi connectivity index (χ0) is 7.82. The molecule has 0 fully saturated rings. The first-order valence-corrected chi connectivity index (χ1v) is 3.31. The van der Waals surface area contributed by atoms with Gasteiger partial charge in [0.05, 0.1) is 6.54 Å². The molecule has 0 atom stereocenters. The van der Waals surface area contributed by atoms with E-state index >= 15 is 0 Å². The van der Waals surface area contributed by atoms with Crippen LogP contribution >= 0.6 is 0 Å². The van der Waals surface area contributed by atoms with E-state index in [4.69, 9.17) is 0 Å². The lowest BCUT2D eigenvalue weighted by atomic mass is 10.3. The lowest BCUT2D eigenvalue weighted by Crippen LogP contribution is -2.20. The molecule has 1 N–H and O–H groups in total. The van der Waals surface area contributed by atoms with Gasteiger partial charge >= 0.3 is 0 Å². The average Bonchev–Trinajstić information content (AvgIpc) is 1.87. The van der Waals surface area contributed by atoms with Crippen molar-refractivity contribution in [1.82, 2.24) is 5.32 Å². The number of hydrogen-bond donors (Lipinski definition) is 1. The Morgan fingerprint density at radius 1 is 1.50 bits per heavy atom. The number of nitroso groups, excluding NO2 is 1. The number of unbranched alkanes of at least 4 members (excludes halogenated alkanes) is 1. The van der Waals surface area contributed by atoms with Crippen LogP contribution in [-0.2, 0) is 4.79 Å². The van der Waals surface area contributed by atoms with Gasteiger partial charge in [-0.1, -0.05) is 5.18 Å². The maximum atomic E-state index is 10.3. The van der Waals surface area contributed by atoms with Crippen LogP contribution in [0.1, 0.15) is 19.8 Å². The zero-order valence-corrected chi connectivity index (χ0v) is 6.09. The third kappa shape index (κ3) is 7.07. The molecule has 0 aliphatic rings. The molecule has 0 aliphatic heterocycles. The highest BCUT2D eigenvalue weighted by atomic mass is 16.3. The third-order valence-electron chi connectivity index (χ3n) is 1.05. The lowest BCUT2D eigenvalue weighted by molar-refractivity contribution is -0.118. The summed E-state index contributed by atoms with van der Waals surface area (Å²) in [6.45, 7) is 2.46. The zero-order valence-electron chi connectivity index (χ0n) is 6.09. The first-order valence-electron chi connectivity index (χ1n) is 3.31. The summed E-state index contributed by atoms with van der Waals surface area (Å²) in [4.78, 5) is 19.8. The van der Waals surface area contributed by atoms with E-state index in [1.54, 1.807) is 0 Å². The van der Waals surface area contributed by atoms with Gasteiger partial charge in [-0.15, -0.1) is 0 Å². The molecule has 0 aliphatic carbocycles. The minimum absolute atomic E-state index is 0.0286. The molecule has 0 rings (SSSR count). The molecule has 1 amide bonds. The molecule has 0 spiro atoms. The molecular weight excluding hydrogens is 132 g/mol. The van der Waals surface area contributed by atoms with E-state index in [0.29, 0.717) is 13.1 Å². The minimum atomic E-state index is -0.0286. The summed E-state index contributed by atoms with van der Waals surface area (Å²) >= 11 is 0. The second-order valence-electron chi connectivity index (χ2n) is 2.04. The topological polar surface area (TPSA) is 58.5 Å². The van der Waals surface area contributed by atoms with E-state index < -0.39 is 0 Å². The van der Waals surface area contributed by atoms with Gasteiger partial charge in [0.15, 0.2) is 0 Å². The molecule has 0 saturated carbocycles. The lowest BCUT2D eigenvalue weighted by Gasteiger charge is -1.97. The second-order valence-corrected chi connectivity index (χ2v) is 2.04. The van der Waals surface area contributed by atoms with Crippen molar-refractivity contribution in [2.45, 2.75) is 19.8 Å². The van der Waals surface area contributed by atoms with Crippen LogP contribution in [0.5, 0.6) is 0 Å². The molecule has 0 saturated heterocycles. The van der Waals surface area contributed by atoms with Crippen molar-refractivity contribution in [2.75, 3.05) is 13.1 Å². The van der Waals surface area contributed by atoms with Crippen molar-refractivity contribution in [2.24, 2.45) is 5.18 Å². The summed E-state index contributed by atoms with van der Waals surface area (Å²) in [7, 11) is 0. The largest absolute Gasteiger partial charge is 0.356 e. The highest BCUT2D eigenvalue weighted by molar-refractivity contribution is 5.72. The quantitative estimate of drug-likeness (QED) is 0.455. The van der Waals surface area contributed by atoms with Gasteiger partial charge in [-0.05, 0) is 12.8 Å². The van der Waals surface area contributed by atoms with Crippen molar-refractivity contribution in [3.8, 4) is 0 Å².